The molecule has 1 saturated heterocycles. The van der Waals surface area contributed by atoms with Crippen molar-refractivity contribution in [2.24, 2.45) is 5.73 Å². The van der Waals surface area contributed by atoms with Crippen molar-refractivity contribution in [1.29, 1.82) is 5.26 Å². The number of carbonyl (C=O) groups excluding carboxylic acids is 1. The lowest BCUT2D eigenvalue weighted by Crippen LogP contribution is -2.54. The molecule has 0 aromatic heterocycles. The molecule has 1 aliphatic rings. The van der Waals surface area contributed by atoms with Crippen molar-refractivity contribution in [2.45, 2.75) is 18.9 Å². The summed E-state index contributed by atoms with van der Waals surface area (Å²) in [5.74, 6) is -0.203. The molecule has 1 atom stereocenters. The molecular weight excluding hydrogens is 224 g/mol. The monoisotopic (exact) mass is 240 g/mol. The second-order valence-corrected chi connectivity index (χ2v) is 3.90. The number of hydrogen-bond donors (Lipinski definition) is 2. The van der Waals surface area contributed by atoms with Gasteiger partial charge >= 0.3 is 6.09 Å². The van der Waals surface area contributed by atoms with Crippen LogP contribution in [0.5, 0.6) is 0 Å². The van der Waals surface area contributed by atoms with Crippen LogP contribution in [0, 0.1) is 11.3 Å². The van der Waals surface area contributed by atoms with Crippen LogP contribution in [0.25, 0.3) is 0 Å². The first-order valence-electron chi connectivity index (χ1n) is 5.45. The maximum atomic E-state index is 11.8. The van der Waals surface area contributed by atoms with Crippen LogP contribution in [-0.4, -0.2) is 59.1 Å². The number of piperazine rings is 1. The third-order valence-electron chi connectivity index (χ3n) is 2.75. The van der Waals surface area contributed by atoms with Crippen molar-refractivity contribution in [1.82, 2.24) is 9.80 Å². The van der Waals surface area contributed by atoms with Crippen LogP contribution in [0.1, 0.15) is 12.8 Å². The predicted octanol–water partition coefficient (Wildman–Crippen LogP) is -0.560. The number of carbonyl (C=O) groups is 2. The fourth-order valence-corrected chi connectivity index (χ4v) is 1.70. The van der Waals surface area contributed by atoms with E-state index in [0.29, 0.717) is 32.6 Å². The molecule has 1 rings (SSSR count). The minimum Gasteiger partial charge on any atom is -0.465 e. The standard InChI is InChI=1S/C10H16N4O3/c11-3-1-2-8(12)9(15)13-4-6-14(7-5-13)10(16)17/h8H,1-2,4-7,12H2,(H,16,17)/t8-/m0/s1. The molecule has 0 radical (unpaired) electrons. The molecule has 7 heteroatoms. The zero-order chi connectivity index (χ0) is 12.8. The van der Waals surface area contributed by atoms with Gasteiger partial charge in [-0.05, 0) is 6.42 Å². The van der Waals surface area contributed by atoms with Gasteiger partial charge in [0.25, 0.3) is 0 Å². The highest BCUT2D eigenvalue weighted by molar-refractivity contribution is 5.82. The number of nitriles is 1. The van der Waals surface area contributed by atoms with E-state index in [1.807, 2.05) is 6.07 Å². The summed E-state index contributed by atoms with van der Waals surface area (Å²) in [6, 6.07) is 1.28. The highest BCUT2D eigenvalue weighted by atomic mass is 16.4. The number of rotatable bonds is 3. The van der Waals surface area contributed by atoms with Gasteiger partial charge in [0.15, 0.2) is 0 Å². The smallest absolute Gasteiger partial charge is 0.407 e. The van der Waals surface area contributed by atoms with E-state index in [2.05, 4.69) is 0 Å². The predicted molar refractivity (Wildman–Crippen MR) is 59.0 cm³/mol. The summed E-state index contributed by atoms with van der Waals surface area (Å²) in [6.07, 6.45) is -0.373. The Bertz CT molecular complexity index is 331. The number of amides is 2. The average Bonchev–Trinajstić information content (AvgIpc) is 2.35. The first-order chi connectivity index (χ1) is 8.06. The van der Waals surface area contributed by atoms with Crippen LogP contribution in [0.15, 0.2) is 0 Å². The Morgan fingerprint density at radius 2 is 1.82 bits per heavy atom. The lowest BCUT2D eigenvalue weighted by atomic mass is 10.1. The van der Waals surface area contributed by atoms with E-state index >= 15 is 0 Å². The third kappa shape index (κ3) is 3.60. The highest BCUT2D eigenvalue weighted by Gasteiger charge is 2.26. The summed E-state index contributed by atoms with van der Waals surface area (Å²) in [7, 11) is 0. The molecule has 0 bridgehead atoms. The van der Waals surface area contributed by atoms with Gasteiger partial charge in [0, 0.05) is 32.6 Å². The highest BCUT2D eigenvalue weighted by Crippen LogP contribution is 2.06. The molecule has 94 valence electrons. The van der Waals surface area contributed by atoms with E-state index in [1.165, 1.54) is 4.90 Å². The zero-order valence-electron chi connectivity index (χ0n) is 9.50. The maximum Gasteiger partial charge on any atom is 0.407 e. The number of nitrogens with zero attached hydrogens (tertiary/aromatic N) is 3. The first kappa shape index (κ1) is 13.3. The Labute approximate surface area is 99.4 Å². The molecule has 0 saturated carbocycles. The molecule has 2 amide bonds. The van der Waals surface area contributed by atoms with E-state index in [1.54, 1.807) is 4.90 Å². The van der Waals surface area contributed by atoms with Crippen molar-refractivity contribution in [3.05, 3.63) is 0 Å². The Morgan fingerprint density at radius 3 is 2.29 bits per heavy atom. The first-order valence-corrected chi connectivity index (χ1v) is 5.45. The Balaban J connectivity index is 2.40. The molecule has 7 nitrogen and oxygen atoms in total. The lowest BCUT2D eigenvalue weighted by Gasteiger charge is -2.34. The van der Waals surface area contributed by atoms with Gasteiger partial charge in [-0.25, -0.2) is 4.79 Å². The summed E-state index contributed by atoms with van der Waals surface area (Å²) in [5, 5.41) is 17.2. The summed E-state index contributed by atoms with van der Waals surface area (Å²) in [6.45, 7) is 1.36. The van der Waals surface area contributed by atoms with Crippen LogP contribution in [0.3, 0.4) is 0 Å². The van der Waals surface area contributed by atoms with Crippen molar-refractivity contribution in [3.63, 3.8) is 0 Å². The van der Waals surface area contributed by atoms with Crippen LogP contribution in [-0.2, 0) is 4.79 Å². The van der Waals surface area contributed by atoms with Crippen LogP contribution in [0.2, 0.25) is 0 Å². The minimum atomic E-state index is -0.967. The fraction of sp³-hybridized carbons (Fsp3) is 0.700. The number of hydrogen-bond acceptors (Lipinski definition) is 4. The van der Waals surface area contributed by atoms with Gasteiger partial charge in [-0.3, -0.25) is 4.79 Å². The Hall–Kier alpha value is -1.81. The van der Waals surface area contributed by atoms with Gasteiger partial charge in [0.05, 0.1) is 12.1 Å². The van der Waals surface area contributed by atoms with E-state index in [9.17, 15) is 9.59 Å². The van der Waals surface area contributed by atoms with Crippen molar-refractivity contribution in [2.75, 3.05) is 26.2 Å². The molecule has 17 heavy (non-hydrogen) atoms. The van der Waals surface area contributed by atoms with Gasteiger partial charge in [0.2, 0.25) is 5.91 Å². The van der Waals surface area contributed by atoms with Crippen molar-refractivity contribution in [3.8, 4) is 6.07 Å². The van der Waals surface area contributed by atoms with Crippen molar-refractivity contribution >= 4 is 12.0 Å². The quantitative estimate of drug-likeness (QED) is 0.687. The topological polar surface area (TPSA) is 111 Å². The fourth-order valence-electron chi connectivity index (χ4n) is 1.70. The zero-order valence-corrected chi connectivity index (χ0v) is 9.50. The Kier molecular flexibility index (Phi) is 4.72. The summed E-state index contributed by atoms with van der Waals surface area (Å²) in [4.78, 5) is 25.3. The molecular formula is C10H16N4O3. The maximum absolute atomic E-state index is 11.8. The van der Waals surface area contributed by atoms with Crippen LogP contribution >= 0.6 is 0 Å². The van der Waals surface area contributed by atoms with Gasteiger partial charge in [-0.15, -0.1) is 0 Å². The molecule has 0 spiro atoms. The molecule has 0 aliphatic carbocycles. The van der Waals surface area contributed by atoms with Crippen molar-refractivity contribution < 1.29 is 14.7 Å². The summed E-state index contributed by atoms with van der Waals surface area (Å²) in [5.41, 5.74) is 5.66. The average molecular weight is 240 g/mol. The van der Waals surface area contributed by atoms with E-state index in [-0.39, 0.29) is 12.3 Å². The molecule has 0 aromatic carbocycles. The lowest BCUT2D eigenvalue weighted by molar-refractivity contribution is -0.134. The van der Waals surface area contributed by atoms with Gasteiger partial charge in [-0.2, -0.15) is 5.26 Å². The largest absolute Gasteiger partial charge is 0.465 e. The second kappa shape index (κ2) is 6.06. The summed E-state index contributed by atoms with van der Waals surface area (Å²) >= 11 is 0. The molecule has 3 N–H and O–H groups in total. The SMILES string of the molecule is N#CCC[C@H](N)C(=O)N1CCN(C(=O)O)CC1. The summed E-state index contributed by atoms with van der Waals surface area (Å²) < 4.78 is 0. The molecule has 0 aromatic rings. The molecule has 0 unspecified atom stereocenters. The van der Waals surface area contributed by atoms with Crippen LogP contribution in [0.4, 0.5) is 4.79 Å². The number of nitrogens with two attached hydrogens (primary N) is 1. The molecule has 1 heterocycles. The number of carboxylic acid groups (broad SMARTS) is 1. The third-order valence-corrected chi connectivity index (χ3v) is 2.75. The van der Waals surface area contributed by atoms with Gasteiger partial charge in [-0.1, -0.05) is 0 Å². The van der Waals surface area contributed by atoms with Crippen LogP contribution < -0.4 is 5.73 Å². The van der Waals surface area contributed by atoms with E-state index in [4.69, 9.17) is 16.1 Å². The minimum absolute atomic E-state index is 0.203. The normalized spacial score (nSPS) is 17.4. The molecule has 1 fully saturated rings. The second-order valence-electron chi connectivity index (χ2n) is 3.90. The van der Waals surface area contributed by atoms with Gasteiger partial charge in [0.1, 0.15) is 0 Å². The van der Waals surface area contributed by atoms with E-state index < -0.39 is 12.1 Å². The molecule has 1 aliphatic heterocycles. The van der Waals surface area contributed by atoms with E-state index in [0.717, 1.165) is 0 Å². The Morgan fingerprint density at radius 1 is 1.29 bits per heavy atom. The van der Waals surface area contributed by atoms with Gasteiger partial charge < -0.3 is 20.6 Å².